The molecule has 0 fully saturated rings. The molecule has 0 N–H and O–H groups in total. The monoisotopic (exact) mass is 640 g/mol. The van der Waals surface area contributed by atoms with Crippen LogP contribution in [0.1, 0.15) is 0 Å². The summed E-state index contributed by atoms with van der Waals surface area (Å²) in [5.41, 5.74) is 8.05. The highest BCUT2D eigenvalue weighted by Crippen LogP contribution is 2.48. The van der Waals surface area contributed by atoms with Crippen LogP contribution in [-0.4, -0.2) is 18.9 Å². The van der Waals surface area contributed by atoms with Crippen LogP contribution in [0.4, 0.5) is 0 Å². The van der Waals surface area contributed by atoms with Crippen LogP contribution in [0.15, 0.2) is 146 Å². The molecule has 12 aromatic rings. The number of hydrogen-bond donors (Lipinski definition) is 0. The molecule has 5 aromatic heterocycles. The Morgan fingerprint density at radius 3 is 2.02 bits per heavy atom. The lowest BCUT2D eigenvalue weighted by Crippen LogP contribution is -2.01. The van der Waals surface area contributed by atoms with Gasteiger partial charge in [0.05, 0.1) is 37.8 Å². The van der Waals surface area contributed by atoms with Gasteiger partial charge in [-0.2, -0.15) is 0 Å². The molecule has 0 atom stereocenters. The molecule has 226 valence electrons. The van der Waals surface area contributed by atoms with Gasteiger partial charge in [-0.05, 0) is 41.1 Å². The van der Waals surface area contributed by atoms with Crippen molar-refractivity contribution in [1.82, 2.24) is 18.9 Å². The molecule has 49 heavy (non-hydrogen) atoms. The summed E-state index contributed by atoms with van der Waals surface area (Å²) in [4.78, 5) is 10.7. The van der Waals surface area contributed by atoms with Crippen molar-refractivity contribution in [2.45, 2.75) is 0 Å². The number of hydrogen-bond acceptors (Lipinski definition) is 3. The summed E-state index contributed by atoms with van der Waals surface area (Å²) in [5, 5.41) is 11.3. The Morgan fingerprint density at radius 1 is 0.469 bits per heavy atom. The number of thiophene rings is 1. The summed E-state index contributed by atoms with van der Waals surface area (Å²) >= 11 is 1.78. The van der Waals surface area contributed by atoms with Crippen molar-refractivity contribution in [2.75, 3.05) is 0 Å². The standard InChI is InChI=1S/C44H24N4S/c1-2-13-26(14-3-1)43-45-40-30-18-8-11-21-36(30)49-42(40)44(46-43)48-33-20-10-6-16-28(33)38-35(48)24-31-37-27-15-5-4-12-25(27)22-23-34(37)47-32-19-9-7-17-29(32)39(38)41(31)47/h1-24H. The molecule has 12 rings (SSSR count). The Kier molecular flexibility index (Phi) is 4.83. The number of fused-ring (bicyclic) bond motifs is 15. The van der Waals surface area contributed by atoms with E-state index in [2.05, 4.69) is 148 Å². The fourth-order valence-corrected chi connectivity index (χ4v) is 9.58. The minimum Gasteiger partial charge on any atom is -0.308 e. The third-order valence-electron chi connectivity index (χ3n) is 10.4. The van der Waals surface area contributed by atoms with Gasteiger partial charge in [-0.15, -0.1) is 11.3 Å². The maximum Gasteiger partial charge on any atom is 0.162 e. The van der Waals surface area contributed by atoms with E-state index in [0.717, 1.165) is 43.8 Å². The third-order valence-corrected chi connectivity index (χ3v) is 11.6. The second-order valence-electron chi connectivity index (χ2n) is 12.9. The normalized spacial score (nSPS) is 12.5. The highest BCUT2D eigenvalue weighted by Gasteiger charge is 2.26. The van der Waals surface area contributed by atoms with Crippen LogP contribution in [-0.2, 0) is 0 Å². The zero-order valence-electron chi connectivity index (χ0n) is 26.1. The fourth-order valence-electron chi connectivity index (χ4n) is 8.45. The summed E-state index contributed by atoms with van der Waals surface area (Å²) in [6, 6.07) is 52.5. The van der Waals surface area contributed by atoms with Crippen molar-refractivity contribution in [1.29, 1.82) is 0 Å². The molecule has 5 heteroatoms. The average molecular weight is 641 g/mol. The zero-order chi connectivity index (χ0) is 31.8. The number of para-hydroxylation sites is 2. The number of nitrogens with zero attached hydrogens (tertiary/aromatic N) is 4. The molecular weight excluding hydrogens is 617 g/mol. The Morgan fingerprint density at radius 2 is 1.16 bits per heavy atom. The zero-order valence-corrected chi connectivity index (χ0v) is 26.9. The topological polar surface area (TPSA) is 35.1 Å². The smallest absolute Gasteiger partial charge is 0.162 e. The summed E-state index contributed by atoms with van der Waals surface area (Å²) < 4.78 is 7.22. The largest absolute Gasteiger partial charge is 0.308 e. The van der Waals surface area contributed by atoms with Crippen molar-refractivity contribution < 1.29 is 0 Å². The lowest BCUT2D eigenvalue weighted by Gasteiger charge is -2.11. The lowest BCUT2D eigenvalue weighted by atomic mass is 9.99. The summed E-state index contributed by atoms with van der Waals surface area (Å²) in [7, 11) is 0. The molecule has 5 heterocycles. The molecule has 0 bridgehead atoms. The van der Waals surface area contributed by atoms with Crippen molar-refractivity contribution in [3.63, 3.8) is 0 Å². The van der Waals surface area contributed by atoms with E-state index >= 15 is 0 Å². The van der Waals surface area contributed by atoms with Crippen LogP contribution in [0.2, 0.25) is 0 Å². The van der Waals surface area contributed by atoms with Crippen molar-refractivity contribution >= 4 is 102 Å². The first-order valence-corrected chi connectivity index (χ1v) is 17.4. The molecule has 0 amide bonds. The van der Waals surface area contributed by atoms with Crippen LogP contribution >= 0.6 is 11.3 Å². The predicted octanol–water partition coefficient (Wildman–Crippen LogP) is 11.9. The van der Waals surface area contributed by atoms with Crippen molar-refractivity contribution in [3.05, 3.63) is 146 Å². The molecule has 0 aliphatic carbocycles. The van der Waals surface area contributed by atoms with Crippen LogP contribution in [0.25, 0.3) is 108 Å². The quantitative estimate of drug-likeness (QED) is 0.188. The molecule has 0 saturated carbocycles. The molecule has 0 saturated heterocycles. The van der Waals surface area contributed by atoms with Crippen LogP contribution in [0.3, 0.4) is 0 Å². The van der Waals surface area contributed by atoms with E-state index in [1.165, 1.54) is 64.3 Å². The van der Waals surface area contributed by atoms with E-state index < -0.39 is 0 Å². The molecule has 0 unspecified atom stereocenters. The van der Waals surface area contributed by atoms with Gasteiger partial charge >= 0.3 is 0 Å². The average Bonchev–Trinajstić information content (AvgIpc) is 3.90. The lowest BCUT2D eigenvalue weighted by molar-refractivity contribution is 1.08. The summed E-state index contributed by atoms with van der Waals surface area (Å²) in [6.45, 7) is 0. The maximum atomic E-state index is 5.46. The van der Waals surface area contributed by atoms with Crippen molar-refractivity contribution in [3.8, 4) is 17.2 Å². The predicted molar refractivity (Wildman–Crippen MR) is 207 cm³/mol. The van der Waals surface area contributed by atoms with Gasteiger partial charge < -0.3 is 4.40 Å². The second-order valence-corrected chi connectivity index (χ2v) is 14.0. The summed E-state index contributed by atoms with van der Waals surface area (Å²) in [5.74, 6) is 1.65. The maximum absolute atomic E-state index is 5.46. The van der Waals surface area contributed by atoms with Crippen LogP contribution in [0, 0.1) is 0 Å². The van der Waals surface area contributed by atoms with Gasteiger partial charge in [-0.25, -0.2) is 9.97 Å². The molecule has 0 aliphatic rings. The minimum atomic E-state index is 0.733. The Balaban J connectivity index is 1.36. The first-order chi connectivity index (χ1) is 24.3. The first-order valence-electron chi connectivity index (χ1n) is 16.6. The number of benzene rings is 7. The van der Waals surface area contributed by atoms with Gasteiger partial charge in [0.1, 0.15) is 0 Å². The molecule has 4 nitrogen and oxygen atoms in total. The van der Waals surface area contributed by atoms with E-state index in [9.17, 15) is 0 Å². The number of aromatic nitrogens is 4. The van der Waals surface area contributed by atoms with E-state index in [0.29, 0.717) is 0 Å². The van der Waals surface area contributed by atoms with Crippen LogP contribution in [0.5, 0.6) is 0 Å². The van der Waals surface area contributed by atoms with Gasteiger partial charge in [0.15, 0.2) is 11.6 Å². The van der Waals surface area contributed by atoms with Gasteiger partial charge in [0.2, 0.25) is 0 Å². The van der Waals surface area contributed by atoms with Gasteiger partial charge in [-0.3, -0.25) is 4.57 Å². The first kappa shape index (κ1) is 25.7. The van der Waals surface area contributed by atoms with Gasteiger partial charge in [0, 0.05) is 48.0 Å². The van der Waals surface area contributed by atoms with E-state index in [1.54, 1.807) is 11.3 Å². The minimum absolute atomic E-state index is 0.733. The SMILES string of the molecule is c1ccc(-c2nc(-n3c4ccccc4c4c5c6ccccc6n6c7ccc8ccccc8c7c(cc43)c56)c3sc4ccccc4c3n2)cc1. The Bertz CT molecular complexity index is 3330. The molecule has 0 aliphatic heterocycles. The fraction of sp³-hybridized carbons (Fsp3) is 0. The summed E-state index contributed by atoms with van der Waals surface area (Å²) in [6.07, 6.45) is 0. The number of rotatable bonds is 2. The second kappa shape index (κ2) is 9.19. The van der Waals surface area contributed by atoms with E-state index in [1.807, 2.05) is 6.07 Å². The van der Waals surface area contributed by atoms with E-state index in [-0.39, 0.29) is 0 Å². The molecule has 7 aromatic carbocycles. The van der Waals surface area contributed by atoms with Crippen LogP contribution < -0.4 is 0 Å². The highest BCUT2D eigenvalue weighted by atomic mass is 32.1. The highest BCUT2D eigenvalue weighted by molar-refractivity contribution is 7.26. The Hall–Kier alpha value is -6.30. The molecular formula is C44H24N4S. The molecule has 0 spiro atoms. The molecule has 0 radical (unpaired) electrons. The Labute approximate surface area is 283 Å². The van der Waals surface area contributed by atoms with E-state index in [4.69, 9.17) is 9.97 Å². The third kappa shape index (κ3) is 3.23. The van der Waals surface area contributed by atoms with Crippen molar-refractivity contribution in [2.24, 2.45) is 0 Å². The van der Waals surface area contributed by atoms with Gasteiger partial charge in [-0.1, -0.05) is 115 Å². The van der Waals surface area contributed by atoms with Gasteiger partial charge in [0.25, 0.3) is 0 Å².